The van der Waals surface area contributed by atoms with E-state index in [0.29, 0.717) is 56.1 Å². The van der Waals surface area contributed by atoms with Crippen molar-refractivity contribution in [3.63, 3.8) is 0 Å². The van der Waals surface area contributed by atoms with Crippen LogP contribution in [0.3, 0.4) is 0 Å². The molecule has 1 unspecified atom stereocenters. The highest BCUT2D eigenvalue weighted by atomic mass is 16.6. The number of nitro benzene ring substituents is 1. The molecule has 0 amide bonds. The number of ketones is 1. The minimum Gasteiger partial charge on any atom is -0.383 e. The van der Waals surface area contributed by atoms with Gasteiger partial charge in [0.05, 0.1) is 35.7 Å². The Morgan fingerprint density at radius 1 is 1.23 bits per heavy atom. The first kappa shape index (κ1) is 21.0. The molecule has 0 aromatic heterocycles. The lowest BCUT2D eigenvalue weighted by Crippen LogP contribution is -2.53. The van der Waals surface area contributed by atoms with Gasteiger partial charge in [-0.2, -0.15) is 5.26 Å². The van der Waals surface area contributed by atoms with E-state index >= 15 is 0 Å². The minimum atomic E-state index is -0.637. The van der Waals surface area contributed by atoms with Crippen LogP contribution in [-0.2, 0) is 9.53 Å². The zero-order valence-corrected chi connectivity index (χ0v) is 17.6. The molecule has 1 aromatic carbocycles. The van der Waals surface area contributed by atoms with Crippen LogP contribution in [0.2, 0.25) is 0 Å². The smallest absolute Gasteiger partial charge is 0.269 e. The molecule has 0 spiro atoms. The van der Waals surface area contributed by atoms with E-state index in [4.69, 9.17) is 10.5 Å². The van der Waals surface area contributed by atoms with Gasteiger partial charge in [0.15, 0.2) is 5.78 Å². The van der Waals surface area contributed by atoms with Crippen LogP contribution < -0.4 is 5.73 Å². The van der Waals surface area contributed by atoms with E-state index in [2.05, 4.69) is 6.07 Å². The molecule has 1 atom stereocenters. The molecule has 0 saturated carbocycles. The van der Waals surface area contributed by atoms with Gasteiger partial charge in [-0.05, 0) is 17.4 Å². The molecule has 3 aliphatic rings. The number of nitro groups is 1. The summed E-state index contributed by atoms with van der Waals surface area (Å²) < 4.78 is 5.47. The number of hydrogen-bond donors (Lipinski definition) is 1. The number of nitrogens with two attached hydrogens (primary N) is 1. The second-order valence-electron chi connectivity index (χ2n) is 8.87. The topological polar surface area (TPSA) is 126 Å². The van der Waals surface area contributed by atoms with E-state index in [9.17, 15) is 20.2 Å². The predicted molar refractivity (Wildman–Crippen MR) is 112 cm³/mol. The lowest BCUT2D eigenvalue weighted by molar-refractivity contribution is -0.384. The zero-order valence-electron chi connectivity index (χ0n) is 17.6. The summed E-state index contributed by atoms with van der Waals surface area (Å²) in [5, 5.41) is 25.0. The summed E-state index contributed by atoms with van der Waals surface area (Å²) in [6.45, 7) is 6.38. The number of hydrogen-bond acceptors (Lipinski definition) is 8. The lowest BCUT2D eigenvalue weighted by atomic mass is 9.69. The number of rotatable bonds is 3. The van der Waals surface area contributed by atoms with Crippen molar-refractivity contribution in [2.75, 3.05) is 26.3 Å². The first-order valence-electron chi connectivity index (χ1n) is 10.3. The highest BCUT2D eigenvalue weighted by Crippen LogP contribution is 2.49. The normalized spacial score (nSPS) is 24.1. The molecule has 1 fully saturated rings. The number of morpholine rings is 1. The van der Waals surface area contributed by atoms with E-state index in [1.54, 1.807) is 12.1 Å². The van der Waals surface area contributed by atoms with Gasteiger partial charge in [-0.25, -0.2) is 5.01 Å². The summed E-state index contributed by atoms with van der Waals surface area (Å²) in [5.74, 6) is -0.355. The Labute approximate surface area is 180 Å². The van der Waals surface area contributed by atoms with Gasteiger partial charge in [-0.1, -0.05) is 26.0 Å². The molecule has 4 rings (SSSR count). The van der Waals surface area contributed by atoms with E-state index in [1.807, 2.05) is 23.9 Å². The van der Waals surface area contributed by atoms with Crippen molar-refractivity contribution in [1.82, 2.24) is 10.0 Å². The Hall–Kier alpha value is -3.22. The van der Waals surface area contributed by atoms with E-state index < -0.39 is 10.8 Å². The molecular weight excluding hydrogens is 398 g/mol. The number of nitrogens with zero attached hydrogens (tertiary/aromatic N) is 4. The molecule has 2 aliphatic heterocycles. The van der Waals surface area contributed by atoms with Gasteiger partial charge < -0.3 is 10.5 Å². The average molecular weight is 423 g/mol. The second kappa shape index (κ2) is 7.80. The molecule has 2 N–H and O–H groups in total. The summed E-state index contributed by atoms with van der Waals surface area (Å²) in [6.07, 6.45) is 0.999. The van der Waals surface area contributed by atoms with Gasteiger partial charge in [0.1, 0.15) is 5.82 Å². The number of nitriles is 1. The lowest BCUT2D eigenvalue weighted by Gasteiger charge is -2.48. The molecule has 1 aliphatic carbocycles. The summed E-state index contributed by atoms with van der Waals surface area (Å²) in [4.78, 5) is 24.0. The molecule has 0 radical (unpaired) electrons. The van der Waals surface area contributed by atoms with Gasteiger partial charge in [0, 0.05) is 42.9 Å². The summed E-state index contributed by atoms with van der Waals surface area (Å²) in [6, 6.07) is 8.22. The van der Waals surface area contributed by atoms with Crippen molar-refractivity contribution < 1.29 is 14.5 Å². The third kappa shape index (κ3) is 3.69. The van der Waals surface area contributed by atoms with E-state index in [0.717, 1.165) is 5.70 Å². The number of benzene rings is 1. The van der Waals surface area contributed by atoms with Crippen molar-refractivity contribution in [2.24, 2.45) is 11.1 Å². The monoisotopic (exact) mass is 423 g/mol. The highest BCUT2D eigenvalue weighted by Gasteiger charge is 2.45. The zero-order chi connectivity index (χ0) is 22.3. The predicted octanol–water partition coefficient (Wildman–Crippen LogP) is 2.58. The van der Waals surface area contributed by atoms with Crippen LogP contribution in [0.15, 0.2) is 46.9 Å². The number of Topliss-reactive ketones (excluding diaryl/α,β-unsaturated/α-hetero) is 1. The van der Waals surface area contributed by atoms with Gasteiger partial charge in [0.2, 0.25) is 0 Å². The van der Waals surface area contributed by atoms with Crippen LogP contribution in [0, 0.1) is 26.9 Å². The molecule has 0 bridgehead atoms. The van der Waals surface area contributed by atoms with Crippen LogP contribution in [0.1, 0.15) is 38.2 Å². The minimum absolute atomic E-state index is 0.0203. The van der Waals surface area contributed by atoms with Crippen LogP contribution in [0.5, 0.6) is 0 Å². The number of allylic oxidation sites excluding steroid dienone is 3. The molecule has 9 heteroatoms. The Kier molecular flexibility index (Phi) is 5.29. The van der Waals surface area contributed by atoms with Crippen molar-refractivity contribution >= 4 is 11.5 Å². The fourth-order valence-corrected chi connectivity index (χ4v) is 4.69. The fraction of sp³-hybridized carbons (Fsp3) is 0.455. The Morgan fingerprint density at radius 2 is 1.87 bits per heavy atom. The van der Waals surface area contributed by atoms with Crippen molar-refractivity contribution in [3.05, 3.63) is 62.6 Å². The SMILES string of the molecule is CC1(C)CC(=O)C2=C(C1)N(N1CCOCC1)C(N)=C(C#N)C2c1ccc([N+](=O)[O-])cc1. The summed E-state index contributed by atoms with van der Waals surface area (Å²) in [7, 11) is 0. The van der Waals surface area contributed by atoms with E-state index in [-0.39, 0.29) is 22.5 Å². The van der Waals surface area contributed by atoms with E-state index in [1.165, 1.54) is 12.1 Å². The van der Waals surface area contributed by atoms with Crippen LogP contribution >= 0.6 is 0 Å². The summed E-state index contributed by atoms with van der Waals surface area (Å²) >= 11 is 0. The quantitative estimate of drug-likeness (QED) is 0.581. The second-order valence-corrected chi connectivity index (χ2v) is 8.87. The number of ether oxygens (including phenoxy) is 1. The molecule has 1 saturated heterocycles. The van der Waals surface area contributed by atoms with Crippen molar-refractivity contribution in [2.45, 2.75) is 32.6 Å². The van der Waals surface area contributed by atoms with Gasteiger partial charge in [-0.15, -0.1) is 0 Å². The molecule has 2 heterocycles. The molecule has 9 nitrogen and oxygen atoms in total. The first-order valence-corrected chi connectivity index (χ1v) is 10.3. The number of non-ortho nitro benzene ring substituents is 1. The third-order valence-corrected chi connectivity index (χ3v) is 6.06. The third-order valence-electron chi connectivity index (χ3n) is 6.06. The standard InChI is InChI=1S/C22H25N5O4/c1-22(2)11-17-20(18(28)12-22)19(14-3-5-15(6-4-14)27(29)30)16(13-23)21(24)26(17)25-7-9-31-10-8-25/h3-6,19H,7-12,24H2,1-2H3. The van der Waals surface area contributed by atoms with Crippen molar-refractivity contribution in [1.29, 1.82) is 5.26 Å². The van der Waals surface area contributed by atoms with Gasteiger partial charge >= 0.3 is 0 Å². The maximum absolute atomic E-state index is 13.4. The van der Waals surface area contributed by atoms with Crippen LogP contribution in [0.4, 0.5) is 5.69 Å². The van der Waals surface area contributed by atoms with Crippen molar-refractivity contribution in [3.8, 4) is 6.07 Å². The number of carbonyl (C=O) groups excluding carboxylic acids is 1. The summed E-state index contributed by atoms with van der Waals surface area (Å²) in [5.41, 5.74) is 8.57. The highest BCUT2D eigenvalue weighted by molar-refractivity contribution is 6.00. The maximum Gasteiger partial charge on any atom is 0.269 e. The number of hydrazine groups is 1. The number of carbonyl (C=O) groups is 1. The first-order chi connectivity index (χ1) is 14.7. The van der Waals surface area contributed by atoms with Gasteiger partial charge in [0.25, 0.3) is 5.69 Å². The largest absolute Gasteiger partial charge is 0.383 e. The molecular formula is C22H25N5O4. The van der Waals surface area contributed by atoms with Gasteiger partial charge in [-0.3, -0.25) is 19.9 Å². The maximum atomic E-state index is 13.4. The van der Waals surface area contributed by atoms with Crippen LogP contribution in [-0.4, -0.2) is 47.0 Å². The molecule has 31 heavy (non-hydrogen) atoms. The van der Waals surface area contributed by atoms with Crippen LogP contribution in [0.25, 0.3) is 0 Å². The molecule has 162 valence electrons. The average Bonchev–Trinajstić information content (AvgIpc) is 2.73. The Bertz CT molecular complexity index is 1030. The fourth-order valence-electron chi connectivity index (χ4n) is 4.69. The molecule has 1 aromatic rings. The Morgan fingerprint density at radius 3 is 2.45 bits per heavy atom. The Balaban J connectivity index is 1.89.